The highest BCUT2D eigenvalue weighted by Crippen LogP contribution is 2.27. The van der Waals surface area contributed by atoms with Crippen LogP contribution in [0.5, 0.6) is 0 Å². The van der Waals surface area contributed by atoms with Gasteiger partial charge in [0.2, 0.25) is 0 Å². The van der Waals surface area contributed by atoms with Gasteiger partial charge in [-0.25, -0.2) is 9.97 Å². The molecule has 0 saturated heterocycles. The second-order valence-electron chi connectivity index (χ2n) is 5.65. The van der Waals surface area contributed by atoms with Gasteiger partial charge in [0.25, 0.3) is 0 Å². The fraction of sp³-hybridized carbons (Fsp3) is 0.647. The maximum atomic E-state index is 4.64. The van der Waals surface area contributed by atoms with Crippen LogP contribution in [0.3, 0.4) is 0 Å². The Morgan fingerprint density at radius 2 is 2.10 bits per heavy atom. The lowest BCUT2D eigenvalue weighted by Crippen LogP contribution is -2.25. The van der Waals surface area contributed by atoms with E-state index in [2.05, 4.69) is 34.4 Å². The third-order valence-electron chi connectivity index (χ3n) is 3.89. The number of nitrogens with one attached hydrogen (secondary N) is 1. The molecule has 1 aromatic rings. The minimum Gasteiger partial charge on any atom is -0.305 e. The SMILES string of the molecule is CCCNC(/C1=C/CCCCCC1)c1ccnc(C)n1. The van der Waals surface area contributed by atoms with Crippen LogP contribution < -0.4 is 5.32 Å². The highest BCUT2D eigenvalue weighted by molar-refractivity contribution is 5.22. The Bertz CT molecular complexity index is 440. The molecule has 1 heterocycles. The molecule has 0 amide bonds. The van der Waals surface area contributed by atoms with E-state index in [1.54, 1.807) is 0 Å². The summed E-state index contributed by atoms with van der Waals surface area (Å²) in [6, 6.07) is 2.33. The zero-order valence-electron chi connectivity index (χ0n) is 12.9. The van der Waals surface area contributed by atoms with Crippen LogP contribution >= 0.6 is 0 Å². The molecule has 20 heavy (non-hydrogen) atoms. The molecule has 0 aromatic carbocycles. The molecule has 110 valence electrons. The van der Waals surface area contributed by atoms with E-state index < -0.39 is 0 Å². The highest BCUT2D eigenvalue weighted by Gasteiger charge is 2.18. The molecule has 1 aromatic heterocycles. The molecule has 0 saturated carbocycles. The molecule has 0 spiro atoms. The molecule has 3 nitrogen and oxygen atoms in total. The van der Waals surface area contributed by atoms with Crippen molar-refractivity contribution in [3.63, 3.8) is 0 Å². The van der Waals surface area contributed by atoms with Crippen LogP contribution in [-0.4, -0.2) is 16.5 Å². The molecule has 0 fully saturated rings. The normalized spacial score (nSPS) is 20.6. The largest absolute Gasteiger partial charge is 0.305 e. The predicted molar refractivity (Wildman–Crippen MR) is 83.6 cm³/mol. The number of hydrogen-bond donors (Lipinski definition) is 1. The van der Waals surface area contributed by atoms with Crippen LogP contribution in [0.1, 0.15) is 69.4 Å². The Morgan fingerprint density at radius 1 is 1.25 bits per heavy atom. The fourth-order valence-corrected chi connectivity index (χ4v) is 2.83. The van der Waals surface area contributed by atoms with Gasteiger partial charge in [0.05, 0.1) is 11.7 Å². The summed E-state index contributed by atoms with van der Waals surface area (Å²) in [5.41, 5.74) is 2.65. The maximum absolute atomic E-state index is 4.64. The Balaban J connectivity index is 2.21. The smallest absolute Gasteiger partial charge is 0.125 e. The predicted octanol–water partition coefficient (Wildman–Crippen LogP) is 4.11. The van der Waals surface area contributed by atoms with E-state index >= 15 is 0 Å². The molecule has 2 rings (SSSR count). The summed E-state index contributed by atoms with van der Waals surface area (Å²) in [4.78, 5) is 8.86. The van der Waals surface area contributed by atoms with E-state index in [1.165, 1.54) is 44.1 Å². The van der Waals surface area contributed by atoms with Crippen LogP contribution in [0, 0.1) is 6.92 Å². The minimum atomic E-state index is 0.273. The van der Waals surface area contributed by atoms with Gasteiger partial charge in [-0.3, -0.25) is 0 Å². The summed E-state index contributed by atoms with van der Waals surface area (Å²) in [7, 11) is 0. The molecular weight excluding hydrogens is 246 g/mol. The van der Waals surface area contributed by atoms with Crippen molar-refractivity contribution in [1.82, 2.24) is 15.3 Å². The van der Waals surface area contributed by atoms with Crippen molar-refractivity contribution in [1.29, 1.82) is 0 Å². The van der Waals surface area contributed by atoms with Gasteiger partial charge < -0.3 is 5.32 Å². The number of rotatable bonds is 5. The van der Waals surface area contributed by atoms with E-state index in [0.717, 1.165) is 24.5 Å². The number of aromatic nitrogens is 2. The zero-order chi connectivity index (χ0) is 14.2. The van der Waals surface area contributed by atoms with E-state index in [1.807, 2.05) is 13.1 Å². The molecular formula is C17H27N3. The van der Waals surface area contributed by atoms with Crippen molar-refractivity contribution < 1.29 is 0 Å². The Kier molecular flexibility index (Phi) is 6.19. The molecule has 1 unspecified atom stereocenters. The van der Waals surface area contributed by atoms with Crippen molar-refractivity contribution in [3.8, 4) is 0 Å². The van der Waals surface area contributed by atoms with E-state index in [4.69, 9.17) is 0 Å². The monoisotopic (exact) mass is 273 g/mol. The molecule has 0 bridgehead atoms. The van der Waals surface area contributed by atoms with Crippen molar-refractivity contribution in [2.75, 3.05) is 6.54 Å². The minimum absolute atomic E-state index is 0.273. The lowest BCUT2D eigenvalue weighted by molar-refractivity contribution is 0.531. The number of allylic oxidation sites excluding steroid dienone is 1. The Labute approximate surface area is 122 Å². The molecule has 0 aliphatic heterocycles. The molecule has 1 aliphatic carbocycles. The molecule has 1 N–H and O–H groups in total. The third-order valence-corrected chi connectivity index (χ3v) is 3.89. The standard InChI is InChI=1S/C17H27N3/c1-3-12-19-17(16-11-13-18-14(2)20-16)15-9-7-5-4-6-8-10-15/h9,11,13,17,19H,3-8,10,12H2,1-2H3/b15-9+. The van der Waals surface area contributed by atoms with Crippen LogP contribution in [0.15, 0.2) is 23.9 Å². The average Bonchev–Trinajstić information content (AvgIpc) is 2.41. The summed E-state index contributed by atoms with van der Waals surface area (Å²) in [5, 5.41) is 3.67. The highest BCUT2D eigenvalue weighted by atomic mass is 15.0. The van der Waals surface area contributed by atoms with Crippen LogP contribution in [0.2, 0.25) is 0 Å². The second-order valence-corrected chi connectivity index (χ2v) is 5.65. The fourth-order valence-electron chi connectivity index (χ4n) is 2.83. The maximum Gasteiger partial charge on any atom is 0.125 e. The lowest BCUT2D eigenvalue weighted by atomic mass is 9.93. The number of hydrogen-bond acceptors (Lipinski definition) is 3. The summed E-state index contributed by atoms with van der Waals surface area (Å²) < 4.78 is 0. The van der Waals surface area contributed by atoms with Gasteiger partial charge in [0.15, 0.2) is 0 Å². The summed E-state index contributed by atoms with van der Waals surface area (Å²) >= 11 is 0. The van der Waals surface area contributed by atoms with Crippen molar-refractivity contribution in [3.05, 3.63) is 35.4 Å². The zero-order valence-corrected chi connectivity index (χ0v) is 12.9. The summed E-state index contributed by atoms with van der Waals surface area (Å²) in [6.07, 6.45) is 13.3. The van der Waals surface area contributed by atoms with Crippen LogP contribution in [-0.2, 0) is 0 Å². The van der Waals surface area contributed by atoms with E-state index in [0.29, 0.717) is 0 Å². The van der Waals surface area contributed by atoms with Crippen LogP contribution in [0.25, 0.3) is 0 Å². The first-order valence-electron chi connectivity index (χ1n) is 8.03. The molecule has 0 radical (unpaired) electrons. The lowest BCUT2D eigenvalue weighted by Gasteiger charge is -2.23. The van der Waals surface area contributed by atoms with Crippen molar-refractivity contribution in [2.45, 2.75) is 64.8 Å². The number of aryl methyl sites for hydroxylation is 1. The summed E-state index contributed by atoms with van der Waals surface area (Å²) in [5.74, 6) is 0.859. The van der Waals surface area contributed by atoms with Gasteiger partial charge in [-0.1, -0.05) is 31.4 Å². The molecule has 3 heteroatoms. The Hall–Kier alpha value is -1.22. The van der Waals surface area contributed by atoms with Gasteiger partial charge in [0.1, 0.15) is 5.82 Å². The quantitative estimate of drug-likeness (QED) is 0.821. The first kappa shape index (κ1) is 15.2. The van der Waals surface area contributed by atoms with Gasteiger partial charge in [0, 0.05) is 6.20 Å². The first-order valence-corrected chi connectivity index (χ1v) is 8.03. The average molecular weight is 273 g/mol. The van der Waals surface area contributed by atoms with Gasteiger partial charge in [-0.05, 0) is 51.6 Å². The Morgan fingerprint density at radius 3 is 2.90 bits per heavy atom. The second kappa shape index (κ2) is 8.15. The third kappa shape index (κ3) is 4.41. The van der Waals surface area contributed by atoms with Gasteiger partial charge in [-0.2, -0.15) is 0 Å². The van der Waals surface area contributed by atoms with Gasteiger partial charge in [-0.15, -0.1) is 0 Å². The number of nitrogens with zero attached hydrogens (tertiary/aromatic N) is 2. The van der Waals surface area contributed by atoms with Crippen molar-refractivity contribution in [2.24, 2.45) is 0 Å². The topological polar surface area (TPSA) is 37.8 Å². The van der Waals surface area contributed by atoms with E-state index in [9.17, 15) is 0 Å². The van der Waals surface area contributed by atoms with Crippen LogP contribution in [0.4, 0.5) is 0 Å². The van der Waals surface area contributed by atoms with Gasteiger partial charge >= 0.3 is 0 Å². The molecule has 1 aliphatic rings. The molecule has 1 atom stereocenters. The van der Waals surface area contributed by atoms with Crippen molar-refractivity contribution >= 4 is 0 Å². The van der Waals surface area contributed by atoms with E-state index in [-0.39, 0.29) is 6.04 Å². The first-order chi connectivity index (χ1) is 9.81. The summed E-state index contributed by atoms with van der Waals surface area (Å²) in [6.45, 7) is 5.21.